The lowest BCUT2D eigenvalue weighted by Crippen LogP contribution is -2.18. The first-order valence-corrected chi connectivity index (χ1v) is 9.91. The summed E-state index contributed by atoms with van der Waals surface area (Å²) in [6.45, 7) is 6.85. The number of nitrogens with one attached hydrogen (secondary N) is 1. The molecule has 30 heavy (non-hydrogen) atoms. The van der Waals surface area contributed by atoms with E-state index in [1.165, 1.54) is 5.56 Å². The number of hydrogen-bond donors (Lipinski definition) is 1. The molecule has 0 heterocycles. The van der Waals surface area contributed by atoms with Crippen LogP contribution in [0.1, 0.15) is 39.5 Å². The van der Waals surface area contributed by atoms with Crippen LogP contribution in [-0.2, 0) is 6.61 Å². The molecule has 0 saturated carbocycles. The van der Waals surface area contributed by atoms with Crippen LogP contribution in [0.4, 0.5) is 0 Å². The largest absolute Gasteiger partial charge is 0.490 e. The molecular formula is C25H26N2O3. The highest BCUT2D eigenvalue weighted by Gasteiger charge is 2.08. The molecular weight excluding hydrogens is 376 g/mol. The average molecular weight is 402 g/mol. The topological polar surface area (TPSA) is 59.9 Å². The molecule has 0 aliphatic heterocycles. The summed E-state index contributed by atoms with van der Waals surface area (Å²) in [5, 5.41) is 4.07. The quantitative estimate of drug-likeness (QED) is 0.424. The number of nitrogens with zero attached hydrogens (tertiary/aromatic N) is 1. The van der Waals surface area contributed by atoms with Crippen molar-refractivity contribution in [2.45, 2.75) is 27.4 Å². The first kappa shape index (κ1) is 21.1. The van der Waals surface area contributed by atoms with Gasteiger partial charge in [-0.25, -0.2) is 5.43 Å². The Morgan fingerprint density at radius 1 is 0.967 bits per heavy atom. The predicted octanol–water partition coefficient (Wildman–Crippen LogP) is 5.05. The summed E-state index contributed by atoms with van der Waals surface area (Å²) in [5.41, 5.74) is 7.17. The van der Waals surface area contributed by atoms with E-state index in [9.17, 15) is 4.79 Å². The number of hydrogen-bond acceptors (Lipinski definition) is 4. The second-order valence-electron chi connectivity index (χ2n) is 6.93. The zero-order valence-electron chi connectivity index (χ0n) is 17.5. The van der Waals surface area contributed by atoms with Gasteiger partial charge in [0.05, 0.1) is 12.8 Å². The number of carbonyl (C=O) groups excluding carboxylic acids is 1. The number of rotatable bonds is 8. The van der Waals surface area contributed by atoms with Gasteiger partial charge in [-0.2, -0.15) is 5.10 Å². The summed E-state index contributed by atoms with van der Waals surface area (Å²) in [6, 6.07) is 21.2. The van der Waals surface area contributed by atoms with Crippen molar-refractivity contribution in [1.29, 1.82) is 0 Å². The van der Waals surface area contributed by atoms with E-state index in [4.69, 9.17) is 9.47 Å². The molecule has 1 amide bonds. The standard InChI is InChI=1S/C25H26N2O3/c1-4-29-24-15-21(16-26-27-25(28)22-8-6-5-7-19(22)3)13-14-23(24)30-17-20-11-9-18(2)10-12-20/h5-16H,4,17H2,1-3H3,(H,27,28)/b26-16-. The molecule has 0 saturated heterocycles. The summed E-state index contributed by atoms with van der Waals surface area (Å²) in [6.07, 6.45) is 1.59. The number of ether oxygens (including phenoxy) is 2. The fourth-order valence-electron chi connectivity index (χ4n) is 2.89. The van der Waals surface area contributed by atoms with E-state index in [1.54, 1.807) is 12.3 Å². The smallest absolute Gasteiger partial charge is 0.271 e. The molecule has 5 nitrogen and oxygen atoms in total. The van der Waals surface area contributed by atoms with E-state index >= 15 is 0 Å². The molecule has 3 rings (SSSR count). The van der Waals surface area contributed by atoms with Gasteiger partial charge >= 0.3 is 0 Å². The van der Waals surface area contributed by atoms with Crippen LogP contribution >= 0.6 is 0 Å². The lowest BCUT2D eigenvalue weighted by molar-refractivity contribution is 0.0954. The van der Waals surface area contributed by atoms with Crippen LogP contribution in [0, 0.1) is 13.8 Å². The Labute approximate surface area is 177 Å². The number of amides is 1. The molecule has 0 fully saturated rings. The van der Waals surface area contributed by atoms with Crippen LogP contribution in [0.2, 0.25) is 0 Å². The summed E-state index contributed by atoms with van der Waals surface area (Å²) in [4.78, 5) is 12.3. The maximum atomic E-state index is 12.3. The second kappa shape index (κ2) is 10.3. The van der Waals surface area contributed by atoms with E-state index in [0.29, 0.717) is 30.3 Å². The molecule has 0 atom stereocenters. The van der Waals surface area contributed by atoms with Crippen molar-refractivity contribution >= 4 is 12.1 Å². The molecule has 154 valence electrons. The van der Waals surface area contributed by atoms with Crippen LogP contribution in [0.5, 0.6) is 11.5 Å². The second-order valence-corrected chi connectivity index (χ2v) is 6.93. The fourth-order valence-corrected chi connectivity index (χ4v) is 2.89. The predicted molar refractivity (Wildman–Crippen MR) is 119 cm³/mol. The third kappa shape index (κ3) is 5.70. The van der Waals surface area contributed by atoms with Gasteiger partial charge in [-0.15, -0.1) is 0 Å². The number of hydrazone groups is 1. The molecule has 0 aliphatic carbocycles. The van der Waals surface area contributed by atoms with E-state index in [-0.39, 0.29) is 5.91 Å². The Kier molecular flexibility index (Phi) is 7.22. The van der Waals surface area contributed by atoms with Crippen LogP contribution < -0.4 is 14.9 Å². The van der Waals surface area contributed by atoms with Crippen molar-refractivity contribution in [3.8, 4) is 11.5 Å². The molecule has 0 aliphatic rings. The molecule has 1 N–H and O–H groups in total. The molecule has 0 bridgehead atoms. The highest BCUT2D eigenvalue weighted by Crippen LogP contribution is 2.29. The Balaban J connectivity index is 1.66. The van der Waals surface area contributed by atoms with Gasteiger partial charge < -0.3 is 9.47 Å². The van der Waals surface area contributed by atoms with Gasteiger partial charge in [-0.1, -0.05) is 48.0 Å². The zero-order valence-corrected chi connectivity index (χ0v) is 17.5. The lowest BCUT2D eigenvalue weighted by Gasteiger charge is -2.13. The van der Waals surface area contributed by atoms with Gasteiger partial charge in [0.25, 0.3) is 5.91 Å². The van der Waals surface area contributed by atoms with Gasteiger partial charge in [0.1, 0.15) is 6.61 Å². The van der Waals surface area contributed by atoms with Crippen LogP contribution in [0.3, 0.4) is 0 Å². The highest BCUT2D eigenvalue weighted by molar-refractivity contribution is 5.96. The van der Waals surface area contributed by atoms with Gasteiger partial charge in [0.15, 0.2) is 11.5 Å². The summed E-state index contributed by atoms with van der Waals surface area (Å²) in [5.74, 6) is 1.06. The lowest BCUT2D eigenvalue weighted by atomic mass is 10.1. The van der Waals surface area contributed by atoms with Crippen molar-refractivity contribution in [3.63, 3.8) is 0 Å². The van der Waals surface area contributed by atoms with Gasteiger partial charge in [-0.3, -0.25) is 4.79 Å². The summed E-state index contributed by atoms with van der Waals surface area (Å²) >= 11 is 0. The zero-order chi connectivity index (χ0) is 21.3. The first-order chi connectivity index (χ1) is 14.6. The molecule has 0 aromatic heterocycles. The van der Waals surface area contributed by atoms with Crippen molar-refractivity contribution in [3.05, 3.63) is 94.5 Å². The van der Waals surface area contributed by atoms with Gasteiger partial charge in [-0.05, 0) is 61.7 Å². The third-order valence-electron chi connectivity index (χ3n) is 4.55. The minimum Gasteiger partial charge on any atom is -0.490 e. The molecule has 0 unspecified atom stereocenters. The van der Waals surface area contributed by atoms with Crippen LogP contribution in [0.25, 0.3) is 0 Å². The Morgan fingerprint density at radius 3 is 2.47 bits per heavy atom. The van der Waals surface area contributed by atoms with Gasteiger partial charge in [0.2, 0.25) is 0 Å². The maximum absolute atomic E-state index is 12.3. The van der Waals surface area contributed by atoms with E-state index < -0.39 is 0 Å². The number of benzene rings is 3. The average Bonchev–Trinajstić information content (AvgIpc) is 2.75. The molecule has 5 heteroatoms. The van der Waals surface area contributed by atoms with Gasteiger partial charge in [0, 0.05) is 5.56 Å². The molecule has 0 spiro atoms. The highest BCUT2D eigenvalue weighted by atomic mass is 16.5. The summed E-state index contributed by atoms with van der Waals surface area (Å²) in [7, 11) is 0. The van der Waals surface area contributed by atoms with Crippen LogP contribution in [-0.4, -0.2) is 18.7 Å². The Hall–Kier alpha value is -3.60. The van der Waals surface area contributed by atoms with E-state index in [2.05, 4.69) is 29.6 Å². The monoisotopic (exact) mass is 402 g/mol. The third-order valence-corrected chi connectivity index (χ3v) is 4.55. The van der Waals surface area contributed by atoms with Crippen molar-refractivity contribution in [2.75, 3.05) is 6.61 Å². The number of aryl methyl sites for hydroxylation is 2. The first-order valence-electron chi connectivity index (χ1n) is 9.91. The maximum Gasteiger partial charge on any atom is 0.271 e. The van der Waals surface area contributed by atoms with Crippen molar-refractivity contribution < 1.29 is 14.3 Å². The van der Waals surface area contributed by atoms with Crippen molar-refractivity contribution in [1.82, 2.24) is 5.43 Å². The number of carbonyl (C=O) groups is 1. The minimum absolute atomic E-state index is 0.243. The van der Waals surface area contributed by atoms with Crippen molar-refractivity contribution in [2.24, 2.45) is 5.10 Å². The Morgan fingerprint density at radius 2 is 1.73 bits per heavy atom. The Bertz CT molecular complexity index is 1030. The van der Waals surface area contributed by atoms with E-state index in [1.807, 2.05) is 62.4 Å². The fraction of sp³-hybridized carbons (Fsp3) is 0.200. The summed E-state index contributed by atoms with van der Waals surface area (Å²) < 4.78 is 11.7. The van der Waals surface area contributed by atoms with E-state index in [0.717, 1.165) is 16.7 Å². The molecule has 3 aromatic carbocycles. The molecule has 0 radical (unpaired) electrons. The normalized spacial score (nSPS) is 10.8. The minimum atomic E-state index is -0.243. The van der Waals surface area contributed by atoms with Crippen LogP contribution in [0.15, 0.2) is 71.8 Å². The molecule has 3 aromatic rings. The SMILES string of the molecule is CCOc1cc(/C=N\NC(=O)c2ccccc2C)ccc1OCc1ccc(C)cc1.